The Labute approximate surface area is 388 Å². The summed E-state index contributed by atoms with van der Waals surface area (Å²) in [6.07, 6.45) is 3.44. The van der Waals surface area contributed by atoms with E-state index >= 15 is 0 Å². The van der Waals surface area contributed by atoms with Gasteiger partial charge in [0.25, 0.3) is 0 Å². The van der Waals surface area contributed by atoms with E-state index < -0.39 is 0 Å². The summed E-state index contributed by atoms with van der Waals surface area (Å²) in [5, 5.41) is 18.3. The normalized spacial score (nSPS) is 11.8. The minimum absolute atomic E-state index is 0. The zero-order valence-corrected chi connectivity index (χ0v) is 37.7. The van der Waals surface area contributed by atoms with Gasteiger partial charge in [-0.2, -0.15) is 37.6 Å². The zero-order chi connectivity index (χ0) is 41.8. The summed E-state index contributed by atoms with van der Waals surface area (Å²) in [4.78, 5) is 24.1. The first-order valence-corrected chi connectivity index (χ1v) is 18.6. The summed E-state index contributed by atoms with van der Waals surface area (Å²) >= 11 is 0. The summed E-state index contributed by atoms with van der Waals surface area (Å²) < 4.78 is 26.4. The Hall–Kier alpha value is -6.48. The Balaban J connectivity index is 0.000000156. The second kappa shape index (κ2) is 22.4. The van der Waals surface area contributed by atoms with Crippen molar-refractivity contribution in [3.8, 4) is 34.3 Å². The molecule has 0 atom stereocenters. The third kappa shape index (κ3) is 11.9. The van der Waals surface area contributed by atoms with Crippen molar-refractivity contribution in [2.45, 2.75) is 0 Å². The fraction of sp³-hybridized carbons (Fsp3) is 0.0417. The molecule has 2 aliphatic rings. The van der Waals surface area contributed by atoms with Gasteiger partial charge in [-0.05, 0) is 50.5 Å². The summed E-state index contributed by atoms with van der Waals surface area (Å²) in [6.45, 7) is 3.73. The monoisotopic (exact) mass is 1190 g/mol. The molecule has 0 amide bonds. The SMILES string of the molecule is CN1[CH-]N(c2[c-]ccc(F)c2)c2ncccc21.CN1[CH-]N(c2[c-]ccc(F)c2)c2ncccc21.Oc1cccc(-c2ccccc2)n1.Oc1cccc(-c2ccccc2)n1.[Pt+2].[Pt+2]. The van der Waals surface area contributed by atoms with E-state index in [1.165, 1.54) is 24.3 Å². The molecule has 316 valence electrons. The third-order valence-electron chi connectivity index (χ3n) is 8.95. The Morgan fingerprint density at radius 2 is 0.903 bits per heavy atom. The molecular weight excluding hydrogens is 1150 g/mol. The summed E-state index contributed by atoms with van der Waals surface area (Å²) in [6, 6.07) is 52.4. The maximum absolute atomic E-state index is 13.2. The van der Waals surface area contributed by atoms with Gasteiger partial charge in [-0.25, -0.2) is 28.7 Å². The smallest absolute Gasteiger partial charge is 0.502 e. The largest absolute Gasteiger partial charge is 2.00 e. The number of halogens is 2. The van der Waals surface area contributed by atoms with Crippen molar-refractivity contribution < 1.29 is 61.1 Å². The molecule has 4 aromatic heterocycles. The molecule has 0 unspecified atom stereocenters. The van der Waals surface area contributed by atoms with Gasteiger partial charge < -0.3 is 29.8 Å². The molecule has 4 aromatic carbocycles. The predicted octanol–water partition coefficient (Wildman–Crippen LogP) is 10.4. The van der Waals surface area contributed by atoms with Gasteiger partial charge in [0.05, 0.1) is 11.4 Å². The Bertz CT molecular complexity index is 2470. The van der Waals surface area contributed by atoms with Gasteiger partial charge in [-0.15, -0.1) is 35.6 Å². The van der Waals surface area contributed by atoms with Gasteiger partial charge in [0, 0.05) is 58.7 Å². The van der Waals surface area contributed by atoms with Crippen LogP contribution in [0.3, 0.4) is 0 Å². The van der Waals surface area contributed by atoms with Crippen LogP contribution in [-0.2, 0) is 42.1 Å². The number of benzene rings is 4. The first-order chi connectivity index (χ1) is 29.2. The molecule has 0 radical (unpaired) electrons. The van der Waals surface area contributed by atoms with Gasteiger partial charge in [0.2, 0.25) is 11.8 Å². The molecular formula is C48H38F2N8O2Pt2. The molecule has 0 spiro atoms. The van der Waals surface area contributed by atoms with E-state index in [0.717, 1.165) is 45.5 Å². The van der Waals surface area contributed by atoms with Gasteiger partial charge in [-0.1, -0.05) is 72.8 Å². The van der Waals surface area contributed by atoms with Gasteiger partial charge in [0.15, 0.2) is 0 Å². The van der Waals surface area contributed by atoms with E-state index in [4.69, 9.17) is 10.2 Å². The number of fused-ring (bicyclic) bond motifs is 2. The van der Waals surface area contributed by atoms with Crippen molar-refractivity contribution in [3.63, 3.8) is 0 Å². The fourth-order valence-corrected chi connectivity index (χ4v) is 6.15. The van der Waals surface area contributed by atoms with Crippen LogP contribution in [0.5, 0.6) is 11.8 Å². The van der Waals surface area contributed by atoms with Crippen molar-refractivity contribution in [2.24, 2.45) is 0 Å². The standard InChI is InChI=1S/2C13H10FN3.2C11H9NO.2Pt/c2*1-16-9-17(11-5-2-4-10(14)8-11)13-12(16)6-3-7-15-13;2*13-11-8-4-7-10(12-11)9-5-2-1-3-6-9;;/h2*2-4,6-9H,1H3;2*1-8H,(H,12,13);;/q2*-2;;;2*+2. The molecule has 62 heavy (non-hydrogen) atoms. The van der Waals surface area contributed by atoms with Crippen molar-refractivity contribution >= 4 is 34.4 Å². The van der Waals surface area contributed by atoms with Crippen LogP contribution in [0.25, 0.3) is 22.5 Å². The van der Waals surface area contributed by atoms with Crippen LogP contribution in [0.2, 0.25) is 0 Å². The van der Waals surface area contributed by atoms with Gasteiger partial charge in [0.1, 0.15) is 11.6 Å². The molecule has 14 heteroatoms. The molecule has 2 aliphatic heterocycles. The predicted molar refractivity (Wildman–Crippen MR) is 231 cm³/mol. The van der Waals surface area contributed by atoms with Crippen LogP contribution in [-0.4, -0.2) is 44.2 Å². The van der Waals surface area contributed by atoms with Crippen molar-refractivity contribution in [3.05, 3.63) is 207 Å². The number of aromatic nitrogens is 4. The third-order valence-corrected chi connectivity index (χ3v) is 8.95. The van der Waals surface area contributed by atoms with Crippen LogP contribution in [0.1, 0.15) is 0 Å². The summed E-state index contributed by atoms with van der Waals surface area (Å²) in [5.74, 6) is 1.13. The average Bonchev–Trinajstić information content (AvgIpc) is 3.81. The number of aromatic hydroxyl groups is 2. The summed E-state index contributed by atoms with van der Waals surface area (Å²) in [5.41, 5.74) is 6.89. The van der Waals surface area contributed by atoms with Crippen LogP contribution in [0, 0.1) is 37.1 Å². The molecule has 2 N–H and O–H groups in total. The number of hydrogen-bond donors (Lipinski definition) is 2. The fourth-order valence-electron chi connectivity index (χ4n) is 6.15. The maximum Gasteiger partial charge on any atom is 2.00 e. The minimum Gasteiger partial charge on any atom is -0.502 e. The first-order valence-electron chi connectivity index (χ1n) is 18.6. The van der Waals surface area contributed by atoms with Crippen molar-refractivity contribution in [1.29, 1.82) is 0 Å². The Kier molecular flexibility index (Phi) is 16.8. The van der Waals surface area contributed by atoms with E-state index in [1.807, 2.05) is 144 Å². The summed E-state index contributed by atoms with van der Waals surface area (Å²) in [7, 11) is 3.86. The molecule has 6 heterocycles. The molecule has 10 nitrogen and oxygen atoms in total. The molecule has 0 bridgehead atoms. The number of rotatable bonds is 4. The van der Waals surface area contributed by atoms with E-state index in [1.54, 1.807) is 48.8 Å². The zero-order valence-electron chi connectivity index (χ0n) is 33.2. The van der Waals surface area contributed by atoms with Crippen LogP contribution < -0.4 is 19.6 Å². The van der Waals surface area contributed by atoms with E-state index in [9.17, 15) is 8.78 Å². The second-order valence-electron chi connectivity index (χ2n) is 13.2. The van der Waals surface area contributed by atoms with E-state index in [-0.39, 0.29) is 65.5 Å². The topological polar surface area (TPSA) is 105 Å². The number of nitrogens with zero attached hydrogens (tertiary/aromatic N) is 8. The van der Waals surface area contributed by atoms with Crippen molar-refractivity contribution in [2.75, 3.05) is 33.7 Å². The van der Waals surface area contributed by atoms with Crippen LogP contribution >= 0.6 is 0 Å². The Morgan fingerprint density at radius 1 is 0.500 bits per heavy atom. The number of pyridine rings is 4. The van der Waals surface area contributed by atoms with E-state index in [0.29, 0.717) is 11.4 Å². The van der Waals surface area contributed by atoms with Crippen LogP contribution in [0.15, 0.2) is 170 Å². The van der Waals surface area contributed by atoms with Crippen LogP contribution in [0.4, 0.5) is 43.2 Å². The van der Waals surface area contributed by atoms with E-state index in [2.05, 4.69) is 32.1 Å². The van der Waals surface area contributed by atoms with Crippen molar-refractivity contribution in [1.82, 2.24) is 19.9 Å². The quantitative estimate of drug-likeness (QED) is 0.166. The minimum atomic E-state index is -0.279. The molecule has 0 fully saturated rings. The average molecular weight is 1190 g/mol. The molecule has 0 saturated carbocycles. The maximum atomic E-state index is 13.2. The molecule has 8 aromatic rings. The second-order valence-corrected chi connectivity index (χ2v) is 13.2. The number of anilines is 6. The Morgan fingerprint density at radius 3 is 1.27 bits per heavy atom. The first kappa shape index (κ1) is 46.6. The molecule has 0 aliphatic carbocycles. The van der Waals surface area contributed by atoms with Gasteiger partial charge in [-0.3, -0.25) is 0 Å². The molecule has 0 saturated heterocycles. The van der Waals surface area contributed by atoms with Gasteiger partial charge >= 0.3 is 42.1 Å². The molecule has 10 rings (SSSR count). The number of hydrogen-bond acceptors (Lipinski definition) is 10.